The van der Waals surface area contributed by atoms with Gasteiger partial charge in [0.25, 0.3) is 0 Å². The van der Waals surface area contributed by atoms with Gasteiger partial charge in [-0.05, 0) is 154 Å². The number of unbranched alkanes of at least 4 members (excludes halogenated alkanes) is 6. The van der Waals surface area contributed by atoms with Gasteiger partial charge < -0.3 is 30.6 Å². The third kappa shape index (κ3) is 12.8. The first-order valence-electron chi connectivity index (χ1n) is 21.3. The number of benzene rings is 2. The Kier molecular flexibility index (Phi) is 15.9. The van der Waals surface area contributed by atoms with Gasteiger partial charge in [-0.15, -0.1) is 0 Å². The van der Waals surface area contributed by atoms with Crippen molar-refractivity contribution in [1.29, 1.82) is 0 Å². The standard InChI is InChI=1S/C46H66O12/c1-43(2,39(49)50)21-11-5-7-16-32-20-19-31(15-9-13-23-45(25-26-45)41(53)54)37(48)38(32)58-57-36-30-33(17-8-6-12-22-44(3,4)40(51)52)35(47)29-34(36)18-10-14-24-46(27-28-46)42(55)56/h19-20,29-30,47-48H,5-18,21-28H2,1-4H3,(H,49,50)(H,51,52)(H,53,54)(H,55,56). The van der Waals surface area contributed by atoms with E-state index in [9.17, 15) is 49.8 Å². The van der Waals surface area contributed by atoms with Crippen LogP contribution in [0.2, 0.25) is 0 Å². The van der Waals surface area contributed by atoms with Gasteiger partial charge >= 0.3 is 23.9 Å². The molecule has 2 aliphatic carbocycles. The van der Waals surface area contributed by atoms with E-state index in [1.54, 1.807) is 39.8 Å². The van der Waals surface area contributed by atoms with Crippen molar-refractivity contribution in [2.24, 2.45) is 21.7 Å². The third-order valence-electron chi connectivity index (χ3n) is 12.7. The molecular formula is C46H66O12. The van der Waals surface area contributed by atoms with Crippen molar-refractivity contribution in [1.82, 2.24) is 0 Å². The molecule has 2 aromatic rings. The zero-order valence-electron chi connectivity index (χ0n) is 35.0. The van der Waals surface area contributed by atoms with Crippen LogP contribution in [0.3, 0.4) is 0 Å². The number of hydrogen-bond acceptors (Lipinski definition) is 8. The molecule has 6 N–H and O–H groups in total. The van der Waals surface area contributed by atoms with E-state index >= 15 is 0 Å². The SMILES string of the molecule is CC(C)(CCCCCc1cc(OOc2c(CCCCCC(C)(C)C(=O)O)ccc(CCCCC3(C(=O)O)CC3)c2O)c(CCCCC2(C(=O)O)CC2)cc1O)C(=O)O. The molecule has 2 aromatic carbocycles. The summed E-state index contributed by atoms with van der Waals surface area (Å²) < 4.78 is 0. The molecule has 58 heavy (non-hydrogen) atoms. The molecule has 0 amide bonds. The highest BCUT2D eigenvalue weighted by molar-refractivity contribution is 5.78. The summed E-state index contributed by atoms with van der Waals surface area (Å²) in [5, 5.41) is 60.9. The highest BCUT2D eigenvalue weighted by Gasteiger charge is 2.50. The maximum Gasteiger partial charge on any atom is 0.309 e. The van der Waals surface area contributed by atoms with E-state index in [0.29, 0.717) is 132 Å². The van der Waals surface area contributed by atoms with E-state index in [1.165, 1.54) is 0 Å². The van der Waals surface area contributed by atoms with Gasteiger partial charge in [0.05, 0.1) is 21.7 Å². The zero-order valence-corrected chi connectivity index (χ0v) is 35.0. The summed E-state index contributed by atoms with van der Waals surface area (Å²) >= 11 is 0. The molecule has 12 nitrogen and oxygen atoms in total. The number of phenolic OH excluding ortho intramolecular Hbond substituents is 2. The van der Waals surface area contributed by atoms with Crippen molar-refractivity contribution < 1.29 is 59.6 Å². The Bertz CT molecular complexity index is 1750. The largest absolute Gasteiger partial charge is 0.508 e. The Labute approximate surface area is 342 Å². The summed E-state index contributed by atoms with van der Waals surface area (Å²) in [6, 6.07) is 7.16. The van der Waals surface area contributed by atoms with E-state index in [-0.39, 0.29) is 17.2 Å². The van der Waals surface area contributed by atoms with Crippen LogP contribution in [0, 0.1) is 21.7 Å². The van der Waals surface area contributed by atoms with Crippen LogP contribution in [0.4, 0.5) is 0 Å². The molecule has 0 saturated heterocycles. The number of aryl methyl sites for hydroxylation is 4. The monoisotopic (exact) mass is 810 g/mol. The molecule has 2 saturated carbocycles. The molecule has 0 atom stereocenters. The Morgan fingerprint density at radius 2 is 0.983 bits per heavy atom. The van der Waals surface area contributed by atoms with Crippen LogP contribution in [-0.4, -0.2) is 54.5 Å². The van der Waals surface area contributed by atoms with Crippen LogP contribution >= 0.6 is 0 Å². The minimum absolute atomic E-state index is 0.0582. The molecule has 12 heteroatoms. The number of aliphatic carboxylic acids is 4. The molecule has 0 radical (unpaired) electrons. The molecule has 0 aromatic heterocycles. The molecule has 0 aliphatic heterocycles. The Hall–Kier alpha value is -4.48. The second kappa shape index (κ2) is 20.0. The maximum absolute atomic E-state index is 11.7. The predicted octanol–water partition coefficient (Wildman–Crippen LogP) is 10.1. The maximum atomic E-state index is 11.7. The number of aromatic hydroxyl groups is 2. The molecule has 4 rings (SSSR count). The fourth-order valence-corrected chi connectivity index (χ4v) is 7.69. The lowest BCUT2D eigenvalue weighted by molar-refractivity contribution is -0.148. The average molecular weight is 811 g/mol. The van der Waals surface area contributed by atoms with E-state index in [0.717, 1.165) is 37.7 Å². The van der Waals surface area contributed by atoms with Crippen LogP contribution in [0.1, 0.15) is 166 Å². The molecule has 0 unspecified atom stereocenters. The van der Waals surface area contributed by atoms with Crippen LogP contribution in [0.15, 0.2) is 24.3 Å². The van der Waals surface area contributed by atoms with Gasteiger partial charge in [-0.25, -0.2) is 0 Å². The van der Waals surface area contributed by atoms with E-state index in [4.69, 9.17) is 9.78 Å². The smallest absolute Gasteiger partial charge is 0.309 e. The molecule has 0 bridgehead atoms. The van der Waals surface area contributed by atoms with Crippen LogP contribution in [-0.2, 0) is 44.9 Å². The Morgan fingerprint density at radius 3 is 1.45 bits per heavy atom. The summed E-state index contributed by atoms with van der Waals surface area (Å²) in [7, 11) is 0. The second-order valence-electron chi connectivity index (χ2n) is 18.4. The Morgan fingerprint density at radius 1 is 0.552 bits per heavy atom. The molecular weight excluding hydrogens is 744 g/mol. The van der Waals surface area contributed by atoms with Gasteiger partial charge in [0.15, 0.2) is 11.5 Å². The van der Waals surface area contributed by atoms with Crippen molar-refractivity contribution in [3.05, 3.63) is 46.5 Å². The lowest BCUT2D eigenvalue weighted by Gasteiger charge is -2.19. The van der Waals surface area contributed by atoms with E-state index in [2.05, 4.69) is 0 Å². The number of hydrogen-bond donors (Lipinski definition) is 6. The van der Waals surface area contributed by atoms with Gasteiger partial charge in [0, 0.05) is 11.1 Å². The fraction of sp³-hybridized carbons (Fsp3) is 0.652. The molecule has 0 heterocycles. The normalized spacial score (nSPS) is 15.4. The number of phenols is 2. The number of carbonyl (C=O) groups is 4. The fourth-order valence-electron chi connectivity index (χ4n) is 7.69. The van der Waals surface area contributed by atoms with Gasteiger partial charge in [0.2, 0.25) is 5.75 Å². The van der Waals surface area contributed by atoms with Crippen molar-refractivity contribution in [2.45, 2.75) is 169 Å². The van der Waals surface area contributed by atoms with Crippen LogP contribution in [0.5, 0.6) is 23.0 Å². The topological polar surface area (TPSA) is 208 Å². The van der Waals surface area contributed by atoms with Gasteiger partial charge in [-0.3, -0.25) is 29.0 Å². The third-order valence-corrected chi connectivity index (χ3v) is 12.7. The first-order chi connectivity index (χ1) is 27.3. The van der Waals surface area contributed by atoms with Gasteiger partial charge in [0.1, 0.15) is 5.75 Å². The quantitative estimate of drug-likeness (QED) is 0.0258. The van der Waals surface area contributed by atoms with Crippen LogP contribution < -0.4 is 9.78 Å². The van der Waals surface area contributed by atoms with Crippen molar-refractivity contribution in [2.75, 3.05) is 0 Å². The Balaban J connectivity index is 1.51. The molecule has 2 aliphatic rings. The molecule has 322 valence electrons. The van der Waals surface area contributed by atoms with Crippen molar-refractivity contribution >= 4 is 23.9 Å². The summed E-state index contributed by atoms with van der Waals surface area (Å²) in [6.07, 6.45) is 14.2. The zero-order chi connectivity index (χ0) is 42.7. The number of carboxylic acids is 4. The second-order valence-corrected chi connectivity index (χ2v) is 18.4. The summed E-state index contributed by atoms with van der Waals surface area (Å²) in [5.74, 6) is -2.59. The predicted molar refractivity (Wildman–Crippen MR) is 218 cm³/mol. The first-order valence-corrected chi connectivity index (χ1v) is 21.3. The highest BCUT2D eigenvalue weighted by atomic mass is 17.2. The van der Waals surface area contributed by atoms with Crippen LogP contribution in [0.25, 0.3) is 0 Å². The molecule has 0 spiro atoms. The van der Waals surface area contributed by atoms with E-state index < -0.39 is 45.5 Å². The summed E-state index contributed by atoms with van der Waals surface area (Å²) in [6.45, 7) is 6.85. The molecule has 2 fully saturated rings. The average Bonchev–Trinajstić information content (AvgIpc) is 4.09. The van der Waals surface area contributed by atoms with E-state index in [1.807, 2.05) is 12.1 Å². The minimum Gasteiger partial charge on any atom is -0.508 e. The number of rotatable bonds is 29. The minimum atomic E-state index is -0.834. The highest BCUT2D eigenvalue weighted by Crippen LogP contribution is 2.51. The lowest BCUT2D eigenvalue weighted by atomic mass is 9.87. The lowest BCUT2D eigenvalue weighted by Crippen LogP contribution is -2.23. The summed E-state index contributed by atoms with van der Waals surface area (Å²) in [4.78, 5) is 58.7. The number of carboxylic acid groups (broad SMARTS) is 4. The van der Waals surface area contributed by atoms with Gasteiger partial charge in [-0.2, -0.15) is 0 Å². The first kappa shape index (κ1) is 46.2. The summed E-state index contributed by atoms with van der Waals surface area (Å²) in [5.41, 5.74) is -0.194. The van der Waals surface area contributed by atoms with Gasteiger partial charge in [-0.1, -0.05) is 50.7 Å². The van der Waals surface area contributed by atoms with Crippen molar-refractivity contribution in [3.63, 3.8) is 0 Å². The van der Waals surface area contributed by atoms with Crippen molar-refractivity contribution in [3.8, 4) is 23.0 Å².